The fraction of sp³-hybridized carbons (Fsp3) is 0.619. The predicted molar refractivity (Wildman–Crippen MR) is 104 cm³/mol. The molecule has 0 saturated heterocycles. The van der Waals surface area contributed by atoms with E-state index in [1.165, 1.54) is 11.1 Å². The van der Waals surface area contributed by atoms with Crippen molar-refractivity contribution < 1.29 is 19.7 Å². The first kappa shape index (κ1) is 23.8. The molecule has 0 aliphatic heterocycles. The summed E-state index contributed by atoms with van der Waals surface area (Å²) in [6.45, 7) is 19.0. The molecular formula is C21H36O4. The van der Waals surface area contributed by atoms with Gasteiger partial charge in [0.2, 0.25) is 0 Å². The molecule has 0 rings (SSSR count). The maximum absolute atomic E-state index is 10.2. The molecule has 0 aromatic rings. The highest BCUT2D eigenvalue weighted by Crippen LogP contribution is 2.30. The molecule has 0 aliphatic rings. The summed E-state index contributed by atoms with van der Waals surface area (Å²) in [4.78, 5) is 0. The minimum Gasteiger partial charge on any atom is -0.319 e. The van der Waals surface area contributed by atoms with Crippen LogP contribution in [0.2, 0.25) is 0 Å². The zero-order valence-electron chi connectivity index (χ0n) is 16.8. The highest BCUT2D eigenvalue weighted by Gasteiger charge is 2.40. The SMILES string of the molecule is C=CC(C)(CCC=C(C)C)OC(O)(O)OC(C)(C=C)CCC=C(C)C. The number of allylic oxidation sites excluding steroid dienone is 4. The molecule has 4 nitrogen and oxygen atoms in total. The monoisotopic (exact) mass is 352 g/mol. The third kappa shape index (κ3) is 10.4. The Morgan fingerprint density at radius 3 is 1.36 bits per heavy atom. The van der Waals surface area contributed by atoms with E-state index in [2.05, 4.69) is 25.3 Å². The van der Waals surface area contributed by atoms with Crippen LogP contribution in [0.1, 0.15) is 67.2 Å². The summed E-state index contributed by atoms with van der Waals surface area (Å²) in [7, 11) is 0. The molecule has 0 aromatic carbocycles. The van der Waals surface area contributed by atoms with Crippen LogP contribution in [0, 0.1) is 0 Å². The van der Waals surface area contributed by atoms with Gasteiger partial charge < -0.3 is 10.2 Å². The second-order valence-corrected chi connectivity index (χ2v) is 7.43. The smallest absolute Gasteiger partial charge is 0.319 e. The lowest BCUT2D eigenvalue weighted by atomic mass is 9.98. The van der Waals surface area contributed by atoms with Gasteiger partial charge in [-0.2, -0.15) is 0 Å². The molecule has 0 heterocycles. The van der Waals surface area contributed by atoms with E-state index in [1.54, 1.807) is 26.0 Å². The Morgan fingerprint density at radius 2 is 1.12 bits per heavy atom. The Kier molecular flexibility index (Phi) is 9.59. The molecule has 0 aromatic heterocycles. The van der Waals surface area contributed by atoms with Crippen LogP contribution in [0.4, 0.5) is 0 Å². The van der Waals surface area contributed by atoms with Gasteiger partial charge in [-0.1, -0.05) is 35.5 Å². The first-order valence-electron chi connectivity index (χ1n) is 8.76. The second-order valence-electron chi connectivity index (χ2n) is 7.43. The van der Waals surface area contributed by atoms with Crippen LogP contribution >= 0.6 is 0 Å². The Morgan fingerprint density at radius 1 is 0.800 bits per heavy atom. The molecule has 0 amide bonds. The van der Waals surface area contributed by atoms with E-state index in [1.807, 2.05) is 27.7 Å². The summed E-state index contributed by atoms with van der Waals surface area (Å²) in [6, 6.07) is 0. The van der Waals surface area contributed by atoms with Crippen LogP contribution in [0.25, 0.3) is 0 Å². The topological polar surface area (TPSA) is 58.9 Å². The van der Waals surface area contributed by atoms with Crippen molar-refractivity contribution in [2.45, 2.75) is 84.6 Å². The van der Waals surface area contributed by atoms with E-state index in [0.29, 0.717) is 12.8 Å². The number of rotatable bonds is 12. The van der Waals surface area contributed by atoms with E-state index in [0.717, 1.165) is 12.8 Å². The first-order valence-corrected chi connectivity index (χ1v) is 8.76. The average Bonchev–Trinajstić information content (AvgIpc) is 2.45. The summed E-state index contributed by atoms with van der Waals surface area (Å²) in [5.41, 5.74) is 0.523. The molecule has 144 valence electrons. The largest absolute Gasteiger partial charge is 0.409 e. The van der Waals surface area contributed by atoms with Crippen LogP contribution in [0.15, 0.2) is 48.6 Å². The minimum atomic E-state index is -2.73. The molecule has 0 aliphatic carbocycles. The molecule has 0 spiro atoms. The molecule has 2 unspecified atom stereocenters. The average molecular weight is 353 g/mol. The number of aliphatic hydroxyl groups is 2. The normalized spacial score (nSPS) is 16.3. The third-order valence-corrected chi connectivity index (χ3v) is 3.98. The van der Waals surface area contributed by atoms with Gasteiger partial charge in [-0.05, 0) is 67.2 Å². The molecule has 0 radical (unpaired) electrons. The van der Waals surface area contributed by atoms with Crippen molar-refractivity contribution in [2.24, 2.45) is 0 Å². The highest BCUT2D eigenvalue weighted by atomic mass is 16.9. The summed E-state index contributed by atoms with van der Waals surface area (Å²) in [5.74, 6) is 0. The number of hydrogen-bond donors (Lipinski definition) is 2. The van der Waals surface area contributed by atoms with Crippen molar-refractivity contribution in [3.63, 3.8) is 0 Å². The van der Waals surface area contributed by atoms with Crippen molar-refractivity contribution >= 4 is 0 Å². The fourth-order valence-electron chi connectivity index (χ4n) is 2.31. The van der Waals surface area contributed by atoms with Crippen LogP contribution in [0.3, 0.4) is 0 Å². The van der Waals surface area contributed by atoms with E-state index in [-0.39, 0.29) is 0 Å². The van der Waals surface area contributed by atoms with Gasteiger partial charge >= 0.3 is 6.16 Å². The standard InChI is InChI=1S/C21H36O4/c1-9-19(7,15-11-13-17(3)4)24-21(22,23)25-20(8,10-2)16-12-14-18(5)6/h9-10,13-14,22-23H,1-2,11-12,15-16H2,3-8H3. The third-order valence-electron chi connectivity index (χ3n) is 3.98. The summed E-state index contributed by atoms with van der Waals surface area (Å²) in [5, 5.41) is 20.5. The summed E-state index contributed by atoms with van der Waals surface area (Å²) in [6.07, 6.45) is 7.09. The molecular weight excluding hydrogens is 316 g/mol. The van der Waals surface area contributed by atoms with Crippen molar-refractivity contribution in [3.05, 3.63) is 48.6 Å². The zero-order valence-corrected chi connectivity index (χ0v) is 16.8. The molecule has 2 atom stereocenters. The maximum Gasteiger partial charge on any atom is 0.409 e. The Balaban J connectivity index is 5.00. The van der Waals surface area contributed by atoms with E-state index >= 15 is 0 Å². The highest BCUT2D eigenvalue weighted by molar-refractivity contribution is 5.01. The Hall–Kier alpha value is -1.20. The fourth-order valence-corrected chi connectivity index (χ4v) is 2.31. The van der Waals surface area contributed by atoms with Crippen LogP contribution in [-0.4, -0.2) is 27.6 Å². The van der Waals surface area contributed by atoms with Gasteiger partial charge in [0.15, 0.2) is 0 Å². The van der Waals surface area contributed by atoms with Crippen molar-refractivity contribution in [1.82, 2.24) is 0 Å². The molecule has 25 heavy (non-hydrogen) atoms. The van der Waals surface area contributed by atoms with Gasteiger partial charge in [0.25, 0.3) is 0 Å². The van der Waals surface area contributed by atoms with Crippen molar-refractivity contribution in [1.29, 1.82) is 0 Å². The van der Waals surface area contributed by atoms with E-state index < -0.39 is 17.4 Å². The van der Waals surface area contributed by atoms with Crippen LogP contribution in [-0.2, 0) is 9.47 Å². The van der Waals surface area contributed by atoms with Crippen LogP contribution < -0.4 is 0 Å². The summed E-state index contributed by atoms with van der Waals surface area (Å²) < 4.78 is 10.9. The molecule has 0 saturated carbocycles. The number of ether oxygens (including phenoxy) is 2. The second kappa shape index (κ2) is 10.1. The lowest BCUT2D eigenvalue weighted by molar-refractivity contribution is -0.505. The molecule has 4 heteroatoms. The first-order chi connectivity index (χ1) is 11.4. The molecule has 0 bridgehead atoms. The van der Waals surface area contributed by atoms with E-state index in [9.17, 15) is 10.2 Å². The van der Waals surface area contributed by atoms with Crippen molar-refractivity contribution in [2.75, 3.05) is 0 Å². The molecule has 0 fully saturated rings. The van der Waals surface area contributed by atoms with Gasteiger partial charge in [-0.25, -0.2) is 0 Å². The van der Waals surface area contributed by atoms with Gasteiger partial charge in [-0.3, -0.25) is 9.47 Å². The molecule has 2 N–H and O–H groups in total. The zero-order chi connectivity index (χ0) is 19.7. The van der Waals surface area contributed by atoms with Gasteiger partial charge in [0, 0.05) is 0 Å². The Bertz CT molecular complexity index is 452. The van der Waals surface area contributed by atoms with Gasteiger partial charge in [0.05, 0.1) is 11.2 Å². The van der Waals surface area contributed by atoms with Crippen molar-refractivity contribution in [3.8, 4) is 0 Å². The number of hydrogen-bond acceptors (Lipinski definition) is 4. The predicted octanol–water partition coefficient (Wildman–Crippen LogP) is 5.00. The lowest BCUT2D eigenvalue weighted by Gasteiger charge is -2.38. The minimum absolute atomic E-state index is 0.552. The van der Waals surface area contributed by atoms with Gasteiger partial charge in [-0.15, -0.1) is 13.2 Å². The Labute approximate surface area is 153 Å². The van der Waals surface area contributed by atoms with Crippen LogP contribution in [0.5, 0.6) is 0 Å². The summed E-state index contributed by atoms with van der Waals surface area (Å²) >= 11 is 0. The lowest BCUT2D eigenvalue weighted by Crippen LogP contribution is -2.49. The van der Waals surface area contributed by atoms with Gasteiger partial charge in [0.1, 0.15) is 0 Å². The maximum atomic E-state index is 10.2. The van der Waals surface area contributed by atoms with E-state index in [4.69, 9.17) is 9.47 Å². The quantitative estimate of drug-likeness (QED) is 0.383.